The van der Waals surface area contributed by atoms with Gasteiger partial charge >= 0.3 is 0 Å². The summed E-state index contributed by atoms with van der Waals surface area (Å²) in [6.45, 7) is 4.51. The van der Waals surface area contributed by atoms with E-state index in [1.54, 1.807) is 13.4 Å². The van der Waals surface area contributed by atoms with Crippen LogP contribution in [0.2, 0.25) is 0 Å². The number of hydrogen-bond donors (Lipinski definition) is 2. The number of benzene rings is 1. The first-order chi connectivity index (χ1) is 12.2. The van der Waals surface area contributed by atoms with Crippen LogP contribution < -0.4 is 15.4 Å². The number of para-hydroxylation sites is 1. The van der Waals surface area contributed by atoms with Gasteiger partial charge in [0, 0.05) is 38.3 Å². The molecule has 130 valence electrons. The van der Waals surface area contributed by atoms with E-state index in [2.05, 4.69) is 35.8 Å². The average molecular weight is 339 g/mol. The zero-order valence-corrected chi connectivity index (χ0v) is 14.1. The van der Waals surface area contributed by atoms with Crippen LogP contribution >= 0.6 is 0 Å². The first-order valence-electron chi connectivity index (χ1n) is 8.30. The summed E-state index contributed by atoms with van der Waals surface area (Å²) in [6.07, 6.45) is 1.63. The van der Waals surface area contributed by atoms with Crippen molar-refractivity contribution in [2.45, 2.75) is 6.54 Å². The molecule has 3 N–H and O–H groups in total. The normalized spacial score (nSPS) is 15.6. The van der Waals surface area contributed by atoms with Crippen molar-refractivity contribution in [3.8, 4) is 5.75 Å². The summed E-state index contributed by atoms with van der Waals surface area (Å²) < 4.78 is 5.45. The highest BCUT2D eigenvalue weighted by molar-refractivity contribution is 5.84. The number of hydrogen-bond acceptors (Lipinski definition) is 7. The molecule has 1 aliphatic heterocycles. The summed E-state index contributed by atoms with van der Waals surface area (Å²) in [7, 11) is 1.71. The van der Waals surface area contributed by atoms with Crippen LogP contribution in [0, 0.1) is 0 Å². The van der Waals surface area contributed by atoms with Gasteiger partial charge in [-0.25, -0.2) is 4.98 Å². The number of imidazole rings is 1. The molecule has 0 radical (unpaired) electrons. The molecule has 0 bridgehead atoms. The Balaban J connectivity index is 1.47. The SMILES string of the molecule is COc1ccccc1CN1CCN(c2nc(N)nc3nc[nH]c23)CC1. The molecule has 4 rings (SSSR count). The molecule has 0 amide bonds. The molecule has 0 atom stereocenters. The van der Waals surface area contributed by atoms with E-state index in [9.17, 15) is 0 Å². The number of H-pyrrole nitrogens is 1. The van der Waals surface area contributed by atoms with E-state index in [1.165, 1.54) is 5.56 Å². The third-order valence-electron chi connectivity index (χ3n) is 4.54. The minimum atomic E-state index is 0.256. The van der Waals surface area contributed by atoms with Gasteiger partial charge in [0.05, 0.1) is 13.4 Å². The van der Waals surface area contributed by atoms with Crippen LogP contribution in [0.15, 0.2) is 30.6 Å². The topological polar surface area (TPSA) is 96.2 Å². The molecule has 3 heterocycles. The average Bonchev–Trinajstić information content (AvgIpc) is 3.10. The summed E-state index contributed by atoms with van der Waals surface area (Å²) in [5.41, 5.74) is 8.48. The largest absolute Gasteiger partial charge is 0.496 e. The fourth-order valence-corrected chi connectivity index (χ4v) is 3.26. The molecule has 3 aromatic rings. The van der Waals surface area contributed by atoms with Crippen LogP contribution in [0.1, 0.15) is 5.56 Å². The Kier molecular flexibility index (Phi) is 4.10. The first kappa shape index (κ1) is 15.6. The van der Waals surface area contributed by atoms with Crippen molar-refractivity contribution in [3.05, 3.63) is 36.2 Å². The van der Waals surface area contributed by atoms with Crippen molar-refractivity contribution in [2.75, 3.05) is 43.9 Å². The van der Waals surface area contributed by atoms with Crippen LogP contribution in [0.3, 0.4) is 0 Å². The highest BCUT2D eigenvalue weighted by atomic mass is 16.5. The predicted molar refractivity (Wildman–Crippen MR) is 96.6 cm³/mol. The van der Waals surface area contributed by atoms with E-state index in [1.807, 2.05) is 18.2 Å². The molecule has 0 spiro atoms. The minimum absolute atomic E-state index is 0.256. The van der Waals surface area contributed by atoms with Crippen molar-refractivity contribution in [1.29, 1.82) is 0 Å². The molecule has 1 saturated heterocycles. The monoisotopic (exact) mass is 339 g/mol. The summed E-state index contributed by atoms with van der Waals surface area (Å²) >= 11 is 0. The fraction of sp³-hybridized carbons (Fsp3) is 0.353. The van der Waals surface area contributed by atoms with Crippen LogP contribution in [0.4, 0.5) is 11.8 Å². The summed E-state index contributed by atoms with van der Waals surface area (Å²) in [5, 5.41) is 0. The molecule has 1 aliphatic rings. The van der Waals surface area contributed by atoms with Gasteiger partial charge in [0.15, 0.2) is 11.5 Å². The van der Waals surface area contributed by atoms with E-state index in [0.29, 0.717) is 5.65 Å². The first-order valence-corrected chi connectivity index (χ1v) is 8.30. The maximum absolute atomic E-state index is 5.82. The molecule has 2 aromatic heterocycles. The number of piperazine rings is 1. The molecule has 8 nitrogen and oxygen atoms in total. The predicted octanol–water partition coefficient (Wildman–Crippen LogP) is 1.27. The number of ether oxygens (including phenoxy) is 1. The van der Waals surface area contributed by atoms with E-state index in [4.69, 9.17) is 10.5 Å². The Labute approximate surface area is 145 Å². The number of nitrogens with two attached hydrogens (primary N) is 1. The lowest BCUT2D eigenvalue weighted by atomic mass is 10.1. The second-order valence-electron chi connectivity index (χ2n) is 6.08. The van der Waals surface area contributed by atoms with Gasteiger partial charge in [-0.3, -0.25) is 4.90 Å². The molecule has 1 aromatic carbocycles. The lowest BCUT2D eigenvalue weighted by molar-refractivity contribution is 0.246. The molecule has 0 aliphatic carbocycles. The van der Waals surface area contributed by atoms with Crippen LogP contribution in [-0.2, 0) is 6.54 Å². The van der Waals surface area contributed by atoms with E-state index >= 15 is 0 Å². The zero-order chi connectivity index (χ0) is 17.2. The Bertz CT molecular complexity index is 870. The lowest BCUT2D eigenvalue weighted by Gasteiger charge is -2.35. The maximum Gasteiger partial charge on any atom is 0.224 e. The quantitative estimate of drug-likeness (QED) is 0.739. The fourth-order valence-electron chi connectivity index (χ4n) is 3.26. The summed E-state index contributed by atoms with van der Waals surface area (Å²) in [5.74, 6) is 2.02. The van der Waals surface area contributed by atoms with Crippen LogP contribution in [-0.4, -0.2) is 58.1 Å². The molecule has 25 heavy (non-hydrogen) atoms. The molecule has 8 heteroatoms. The van der Waals surface area contributed by atoms with Gasteiger partial charge in [-0.2, -0.15) is 9.97 Å². The minimum Gasteiger partial charge on any atom is -0.496 e. The number of nitrogens with zero attached hydrogens (tertiary/aromatic N) is 5. The third kappa shape index (κ3) is 3.08. The number of aromatic amines is 1. The highest BCUT2D eigenvalue weighted by Gasteiger charge is 2.22. The molecular formula is C17H21N7O. The van der Waals surface area contributed by atoms with Crippen molar-refractivity contribution in [2.24, 2.45) is 0 Å². The van der Waals surface area contributed by atoms with Crippen molar-refractivity contribution in [3.63, 3.8) is 0 Å². The van der Waals surface area contributed by atoms with Gasteiger partial charge in [0.1, 0.15) is 11.3 Å². The second kappa shape index (κ2) is 6.56. The number of anilines is 2. The number of aromatic nitrogens is 4. The van der Waals surface area contributed by atoms with Gasteiger partial charge in [-0.05, 0) is 6.07 Å². The molecule has 0 saturated carbocycles. The zero-order valence-electron chi connectivity index (χ0n) is 14.1. The van der Waals surface area contributed by atoms with E-state index in [-0.39, 0.29) is 5.95 Å². The molecule has 1 fully saturated rings. The highest BCUT2D eigenvalue weighted by Crippen LogP contribution is 2.24. The standard InChI is InChI=1S/C17H21N7O/c1-25-13-5-3-2-4-12(13)10-23-6-8-24(9-7-23)16-14-15(20-11-19-14)21-17(18)22-16/h2-5,11H,6-10H2,1H3,(H3,18,19,20,21,22). The van der Waals surface area contributed by atoms with Gasteiger partial charge in [0.25, 0.3) is 0 Å². The van der Waals surface area contributed by atoms with Gasteiger partial charge in [-0.15, -0.1) is 0 Å². The van der Waals surface area contributed by atoms with Gasteiger partial charge in [-0.1, -0.05) is 18.2 Å². The van der Waals surface area contributed by atoms with E-state index in [0.717, 1.165) is 49.8 Å². The molecule has 0 unspecified atom stereocenters. The third-order valence-corrected chi connectivity index (χ3v) is 4.54. The van der Waals surface area contributed by atoms with Gasteiger partial charge < -0.3 is 20.4 Å². The number of fused-ring (bicyclic) bond motifs is 1. The summed E-state index contributed by atoms with van der Waals surface area (Å²) in [6, 6.07) is 8.16. The Morgan fingerprint density at radius 3 is 2.76 bits per heavy atom. The Hall–Kier alpha value is -2.87. The van der Waals surface area contributed by atoms with Crippen LogP contribution in [0.5, 0.6) is 5.75 Å². The van der Waals surface area contributed by atoms with Crippen molar-refractivity contribution >= 4 is 22.9 Å². The summed E-state index contributed by atoms with van der Waals surface area (Å²) in [4.78, 5) is 20.5. The van der Waals surface area contributed by atoms with Gasteiger partial charge in [0.2, 0.25) is 5.95 Å². The second-order valence-corrected chi connectivity index (χ2v) is 6.08. The number of nitrogen functional groups attached to an aromatic ring is 1. The smallest absolute Gasteiger partial charge is 0.224 e. The Morgan fingerprint density at radius 1 is 1.16 bits per heavy atom. The van der Waals surface area contributed by atoms with Crippen LogP contribution in [0.25, 0.3) is 11.2 Å². The van der Waals surface area contributed by atoms with Crippen molar-refractivity contribution < 1.29 is 4.74 Å². The number of rotatable bonds is 4. The Morgan fingerprint density at radius 2 is 1.96 bits per heavy atom. The maximum atomic E-state index is 5.82. The van der Waals surface area contributed by atoms with E-state index < -0.39 is 0 Å². The number of methoxy groups -OCH3 is 1. The lowest BCUT2D eigenvalue weighted by Crippen LogP contribution is -2.46. The van der Waals surface area contributed by atoms with Crippen molar-refractivity contribution in [1.82, 2.24) is 24.8 Å². The number of nitrogens with one attached hydrogen (secondary N) is 1. The molecular weight excluding hydrogens is 318 g/mol.